The summed E-state index contributed by atoms with van der Waals surface area (Å²) in [7, 11) is 1.70. The summed E-state index contributed by atoms with van der Waals surface area (Å²) in [6.07, 6.45) is 3.01. The molecule has 2 bridgehead atoms. The lowest BCUT2D eigenvalue weighted by Gasteiger charge is -2.62. The standard InChI is InChI=1S/C26H29N3O3/c1-31-19-8-7-15-13-20-26(30)14-17-16-5-2-3-6-18(16)28-22(17)24-25(26,21(15)23(19)32-24)9-12-29(20)11-4-10-27/h2-3,5-8,20,24,28,30H,4,9-14,27H2,1H3/t20-,24+,25+,26-/m1/s1. The van der Waals surface area contributed by atoms with E-state index in [9.17, 15) is 5.11 Å². The first kappa shape index (κ1) is 19.0. The van der Waals surface area contributed by atoms with E-state index >= 15 is 0 Å². The van der Waals surface area contributed by atoms with Crippen LogP contribution in [0.5, 0.6) is 11.5 Å². The lowest BCUT2D eigenvalue weighted by molar-refractivity contribution is -0.172. The van der Waals surface area contributed by atoms with Crippen molar-refractivity contribution in [1.82, 2.24) is 9.88 Å². The van der Waals surface area contributed by atoms with E-state index in [1.165, 1.54) is 22.1 Å². The van der Waals surface area contributed by atoms with Crippen LogP contribution in [0.25, 0.3) is 10.9 Å². The molecule has 6 nitrogen and oxygen atoms in total. The molecule has 2 aliphatic carbocycles. The van der Waals surface area contributed by atoms with Crippen molar-refractivity contribution < 1.29 is 14.6 Å². The van der Waals surface area contributed by atoms with E-state index in [2.05, 4.69) is 40.2 Å². The second-order valence-electron chi connectivity index (χ2n) is 9.91. The number of piperidine rings is 1. The first-order valence-corrected chi connectivity index (χ1v) is 11.8. The van der Waals surface area contributed by atoms with Crippen LogP contribution in [-0.4, -0.2) is 53.4 Å². The van der Waals surface area contributed by atoms with Gasteiger partial charge < -0.3 is 25.3 Å². The molecule has 32 heavy (non-hydrogen) atoms. The molecule has 166 valence electrons. The highest BCUT2D eigenvalue weighted by Crippen LogP contribution is 2.69. The summed E-state index contributed by atoms with van der Waals surface area (Å²) in [6, 6.07) is 12.7. The van der Waals surface area contributed by atoms with E-state index in [1.54, 1.807) is 7.11 Å². The molecule has 1 fully saturated rings. The quantitative estimate of drug-likeness (QED) is 0.592. The third-order valence-electron chi connectivity index (χ3n) is 8.73. The number of benzene rings is 2. The highest BCUT2D eigenvalue weighted by molar-refractivity contribution is 5.86. The average Bonchev–Trinajstić information content (AvgIpc) is 3.33. The number of hydrogen-bond acceptors (Lipinski definition) is 5. The van der Waals surface area contributed by atoms with Gasteiger partial charge in [-0.15, -0.1) is 0 Å². The Morgan fingerprint density at radius 3 is 3.00 bits per heavy atom. The molecule has 4 N–H and O–H groups in total. The van der Waals surface area contributed by atoms with Crippen LogP contribution < -0.4 is 15.2 Å². The van der Waals surface area contributed by atoms with Crippen molar-refractivity contribution in [3.63, 3.8) is 0 Å². The van der Waals surface area contributed by atoms with Crippen LogP contribution in [0.3, 0.4) is 0 Å². The second kappa shape index (κ2) is 6.28. The summed E-state index contributed by atoms with van der Waals surface area (Å²) < 4.78 is 12.5. The van der Waals surface area contributed by atoms with Gasteiger partial charge >= 0.3 is 0 Å². The summed E-state index contributed by atoms with van der Waals surface area (Å²) in [5.74, 6) is 1.59. The Bertz CT molecular complexity index is 1250. The number of aromatic amines is 1. The number of aliphatic hydroxyl groups is 1. The van der Waals surface area contributed by atoms with Gasteiger partial charge in [0.05, 0.1) is 23.8 Å². The van der Waals surface area contributed by atoms with Crippen LogP contribution in [-0.2, 0) is 18.3 Å². The Morgan fingerprint density at radius 2 is 2.16 bits per heavy atom. The van der Waals surface area contributed by atoms with Gasteiger partial charge in [-0.25, -0.2) is 0 Å². The van der Waals surface area contributed by atoms with Gasteiger partial charge in [0.1, 0.15) is 0 Å². The van der Waals surface area contributed by atoms with E-state index < -0.39 is 11.0 Å². The van der Waals surface area contributed by atoms with Gasteiger partial charge in [0.15, 0.2) is 17.6 Å². The molecule has 0 amide bonds. The van der Waals surface area contributed by atoms with Crippen LogP contribution in [0.4, 0.5) is 0 Å². The molecule has 6 heteroatoms. The van der Waals surface area contributed by atoms with Crippen LogP contribution >= 0.6 is 0 Å². The minimum atomic E-state index is -0.910. The van der Waals surface area contributed by atoms with Crippen molar-refractivity contribution in [1.29, 1.82) is 0 Å². The third-order valence-corrected chi connectivity index (χ3v) is 8.73. The molecule has 1 saturated heterocycles. The number of methoxy groups -OCH3 is 1. The Morgan fingerprint density at radius 1 is 1.28 bits per heavy atom. The number of H-pyrrole nitrogens is 1. The zero-order valence-electron chi connectivity index (χ0n) is 18.4. The number of nitrogens with one attached hydrogen (secondary N) is 1. The molecule has 2 aromatic carbocycles. The summed E-state index contributed by atoms with van der Waals surface area (Å²) >= 11 is 0. The molecule has 1 spiro atoms. The van der Waals surface area contributed by atoms with Gasteiger partial charge in [0.25, 0.3) is 0 Å². The fraction of sp³-hybridized carbons (Fsp3) is 0.462. The van der Waals surface area contributed by atoms with E-state index in [-0.39, 0.29) is 12.1 Å². The highest BCUT2D eigenvalue weighted by atomic mass is 16.5. The van der Waals surface area contributed by atoms with Crippen LogP contribution in [0, 0.1) is 0 Å². The van der Waals surface area contributed by atoms with E-state index in [0.717, 1.165) is 55.1 Å². The topological polar surface area (TPSA) is 83.7 Å². The van der Waals surface area contributed by atoms with Gasteiger partial charge in [-0.1, -0.05) is 24.3 Å². The molecular weight excluding hydrogens is 402 g/mol. The maximum absolute atomic E-state index is 12.8. The number of nitrogens with zero attached hydrogens (tertiary/aromatic N) is 1. The first-order valence-electron chi connectivity index (χ1n) is 11.8. The number of aromatic nitrogens is 1. The SMILES string of the molecule is COc1ccc2c3c1O[C@H]1c4[nH]c5ccccc5c4C[C@@]4(O)[C@@H](C2)N(CCCN)CC[C@]314. The highest BCUT2D eigenvalue weighted by Gasteiger charge is 2.72. The fourth-order valence-electron chi connectivity index (χ4n) is 7.44. The van der Waals surface area contributed by atoms with Gasteiger partial charge in [0.2, 0.25) is 0 Å². The molecule has 3 aromatic rings. The summed E-state index contributed by atoms with van der Waals surface area (Å²) in [5.41, 5.74) is 10.4. The number of hydrogen-bond donors (Lipinski definition) is 3. The molecule has 0 saturated carbocycles. The largest absolute Gasteiger partial charge is 0.493 e. The van der Waals surface area contributed by atoms with Crippen molar-refractivity contribution in [2.45, 2.75) is 48.8 Å². The second-order valence-corrected chi connectivity index (χ2v) is 9.91. The number of para-hydroxylation sites is 1. The molecule has 0 radical (unpaired) electrons. The van der Waals surface area contributed by atoms with Crippen molar-refractivity contribution in [3.05, 3.63) is 58.8 Å². The molecule has 4 aliphatic rings. The van der Waals surface area contributed by atoms with Gasteiger partial charge in [-0.2, -0.15) is 0 Å². The fourth-order valence-corrected chi connectivity index (χ4v) is 7.44. The summed E-state index contributed by atoms with van der Waals surface area (Å²) in [6.45, 7) is 2.53. The molecule has 7 rings (SSSR count). The first-order chi connectivity index (χ1) is 15.6. The average molecular weight is 432 g/mol. The lowest BCUT2D eigenvalue weighted by Crippen LogP contribution is -2.74. The Balaban J connectivity index is 1.52. The Labute approximate surface area is 187 Å². The molecule has 2 aliphatic heterocycles. The molecule has 4 atom stereocenters. The predicted octanol–water partition coefficient (Wildman–Crippen LogP) is 2.81. The Kier molecular flexibility index (Phi) is 3.72. The van der Waals surface area contributed by atoms with Crippen LogP contribution in [0.15, 0.2) is 36.4 Å². The van der Waals surface area contributed by atoms with Crippen molar-refractivity contribution >= 4 is 10.9 Å². The maximum Gasteiger partial charge on any atom is 0.166 e. The van der Waals surface area contributed by atoms with E-state index in [1.807, 2.05) is 6.07 Å². The lowest BCUT2D eigenvalue weighted by atomic mass is 9.49. The zero-order chi connectivity index (χ0) is 21.7. The van der Waals surface area contributed by atoms with Crippen LogP contribution in [0.2, 0.25) is 0 Å². The predicted molar refractivity (Wildman–Crippen MR) is 122 cm³/mol. The number of fused-ring (bicyclic) bond motifs is 4. The maximum atomic E-state index is 12.8. The number of rotatable bonds is 4. The van der Waals surface area contributed by atoms with Gasteiger partial charge in [-0.3, -0.25) is 4.90 Å². The molecule has 3 heterocycles. The molecular formula is C26H29N3O3. The number of nitrogens with two attached hydrogens (primary N) is 1. The number of likely N-dealkylation sites (tertiary alicyclic amines) is 1. The van der Waals surface area contributed by atoms with Crippen LogP contribution in [0.1, 0.15) is 41.3 Å². The van der Waals surface area contributed by atoms with Gasteiger partial charge in [0, 0.05) is 28.9 Å². The minimum absolute atomic E-state index is 0.0440. The van der Waals surface area contributed by atoms with Crippen molar-refractivity contribution in [2.75, 3.05) is 26.7 Å². The smallest absolute Gasteiger partial charge is 0.166 e. The Hall–Kier alpha value is -2.54. The monoisotopic (exact) mass is 431 g/mol. The van der Waals surface area contributed by atoms with Crippen molar-refractivity contribution in [2.24, 2.45) is 5.73 Å². The summed E-state index contributed by atoms with van der Waals surface area (Å²) in [4.78, 5) is 6.16. The van der Waals surface area contributed by atoms with E-state index in [0.29, 0.717) is 13.0 Å². The minimum Gasteiger partial charge on any atom is -0.493 e. The van der Waals surface area contributed by atoms with Crippen molar-refractivity contribution in [3.8, 4) is 11.5 Å². The third kappa shape index (κ3) is 2.02. The number of ether oxygens (including phenoxy) is 2. The molecule has 1 aromatic heterocycles. The molecule has 0 unspecified atom stereocenters. The zero-order valence-corrected chi connectivity index (χ0v) is 18.4. The summed E-state index contributed by atoms with van der Waals surface area (Å²) in [5, 5.41) is 14.0. The van der Waals surface area contributed by atoms with E-state index in [4.69, 9.17) is 15.2 Å². The normalized spacial score (nSPS) is 31.8. The van der Waals surface area contributed by atoms with Gasteiger partial charge in [-0.05, 0) is 62.2 Å².